The molecule has 1 fully saturated rings. The van der Waals surface area contributed by atoms with Crippen LogP contribution in [0.25, 0.3) is 0 Å². The Balaban J connectivity index is 2.07. The molecule has 1 saturated heterocycles. The zero-order valence-corrected chi connectivity index (χ0v) is 9.74. The van der Waals surface area contributed by atoms with Crippen molar-refractivity contribution in [2.24, 2.45) is 5.92 Å². The first-order chi connectivity index (χ1) is 8.18. The Morgan fingerprint density at radius 3 is 3.18 bits per heavy atom. The molecule has 0 amide bonds. The van der Waals surface area contributed by atoms with Gasteiger partial charge in [0.25, 0.3) is 0 Å². The molecule has 17 heavy (non-hydrogen) atoms. The smallest absolute Gasteiger partial charge is 0.308 e. The molecule has 0 radical (unpaired) electrons. The minimum Gasteiger partial charge on any atom is -0.481 e. The predicted octanol–water partition coefficient (Wildman–Crippen LogP) is 0.288. The number of aliphatic carboxylic acids is 1. The Morgan fingerprint density at radius 2 is 2.53 bits per heavy atom. The molecule has 1 aromatic heterocycles. The molecule has 1 N–H and O–H groups in total. The number of carbonyl (C=O) groups is 1. The van der Waals surface area contributed by atoms with Crippen molar-refractivity contribution in [3.63, 3.8) is 0 Å². The van der Waals surface area contributed by atoms with E-state index in [1.54, 1.807) is 11.6 Å². The average molecular weight is 240 g/mol. The summed E-state index contributed by atoms with van der Waals surface area (Å²) in [4.78, 5) is 10.8. The first-order valence-corrected chi connectivity index (χ1v) is 5.75. The summed E-state index contributed by atoms with van der Waals surface area (Å²) in [6.07, 6.45) is 1.98. The van der Waals surface area contributed by atoms with Crippen LogP contribution in [0.4, 0.5) is 0 Å². The number of rotatable bonds is 4. The van der Waals surface area contributed by atoms with Gasteiger partial charge in [-0.25, -0.2) is 4.68 Å². The van der Waals surface area contributed by atoms with Crippen LogP contribution in [0, 0.1) is 5.92 Å². The van der Waals surface area contributed by atoms with E-state index in [2.05, 4.69) is 15.5 Å². The van der Waals surface area contributed by atoms with Crippen LogP contribution in [0.1, 0.15) is 31.5 Å². The highest BCUT2D eigenvalue weighted by molar-refractivity contribution is 5.69. The number of aromatic nitrogens is 4. The highest BCUT2D eigenvalue weighted by Crippen LogP contribution is 2.23. The van der Waals surface area contributed by atoms with Gasteiger partial charge in [0.2, 0.25) is 0 Å². The average Bonchev–Trinajstić information content (AvgIpc) is 2.78. The highest BCUT2D eigenvalue weighted by Gasteiger charge is 2.24. The van der Waals surface area contributed by atoms with Gasteiger partial charge in [-0.2, -0.15) is 0 Å². The third kappa shape index (κ3) is 2.79. The molecule has 2 unspecified atom stereocenters. The van der Waals surface area contributed by atoms with Crippen molar-refractivity contribution >= 4 is 5.97 Å². The summed E-state index contributed by atoms with van der Waals surface area (Å²) in [5, 5.41) is 20.3. The topological polar surface area (TPSA) is 90.1 Å². The maximum atomic E-state index is 10.8. The fourth-order valence-electron chi connectivity index (χ4n) is 1.92. The van der Waals surface area contributed by atoms with E-state index in [9.17, 15) is 4.79 Å². The van der Waals surface area contributed by atoms with Crippen molar-refractivity contribution in [2.75, 3.05) is 13.2 Å². The normalized spacial score (nSPS) is 22.3. The first-order valence-electron chi connectivity index (χ1n) is 5.75. The van der Waals surface area contributed by atoms with E-state index >= 15 is 0 Å². The molecule has 0 aromatic carbocycles. The summed E-state index contributed by atoms with van der Waals surface area (Å²) >= 11 is 0. The maximum Gasteiger partial charge on any atom is 0.308 e. The molecule has 0 aliphatic carbocycles. The van der Waals surface area contributed by atoms with E-state index in [0.717, 1.165) is 25.3 Å². The zero-order chi connectivity index (χ0) is 12.3. The summed E-state index contributed by atoms with van der Waals surface area (Å²) < 4.78 is 6.97. The van der Waals surface area contributed by atoms with Crippen LogP contribution in [0.5, 0.6) is 0 Å². The summed E-state index contributed by atoms with van der Waals surface area (Å²) in [7, 11) is 0. The molecular weight excluding hydrogens is 224 g/mol. The molecule has 7 nitrogen and oxygen atoms in total. The second-order valence-electron chi connectivity index (χ2n) is 4.37. The monoisotopic (exact) mass is 240 g/mol. The molecule has 0 spiro atoms. The molecule has 1 aliphatic heterocycles. The Bertz CT molecular complexity index is 387. The van der Waals surface area contributed by atoms with Gasteiger partial charge in [0.1, 0.15) is 0 Å². The summed E-state index contributed by atoms with van der Waals surface area (Å²) in [5.74, 6) is -0.425. The van der Waals surface area contributed by atoms with Crippen LogP contribution < -0.4 is 0 Å². The van der Waals surface area contributed by atoms with Crippen molar-refractivity contribution < 1.29 is 14.6 Å². The lowest BCUT2D eigenvalue weighted by molar-refractivity contribution is -0.141. The molecule has 2 rings (SSSR count). The summed E-state index contributed by atoms with van der Waals surface area (Å²) in [5.41, 5.74) is 0. The second-order valence-corrected chi connectivity index (χ2v) is 4.37. The number of tetrazole rings is 1. The van der Waals surface area contributed by atoms with Crippen molar-refractivity contribution in [1.82, 2.24) is 20.2 Å². The predicted molar refractivity (Wildman–Crippen MR) is 57.4 cm³/mol. The van der Waals surface area contributed by atoms with E-state index < -0.39 is 11.9 Å². The fourth-order valence-corrected chi connectivity index (χ4v) is 1.92. The van der Waals surface area contributed by atoms with E-state index in [1.807, 2.05) is 0 Å². The highest BCUT2D eigenvalue weighted by atomic mass is 16.5. The minimum atomic E-state index is -0.841. The summed E-state index contributed by atoms with van der Waals surface area (Å²) in [6, 6.07) is 0. The van der Waals surface area contributed by atoms with E-state index in [-0.39, 0.29) is 5.92 Å². The lowest BCUT2D eigenvalue weighted by atomic mass is 10.0. The standard InChI is InChI=1S/C10H16N4O3/c1-7(10(15)16)5-14-9(11-12-13-14)8-3-2-4-17-6-8/h7-8H,2-6H2,1H3,(H,15,16). The third-order valence-corrected chi connectivity index (χ3v) is 2.95. The van der Waals surface area contributed by atoms with Gasteiger partial charge in [-0.3, -0.25) is 4.79 Å². The van der Waals surface area contributed by atoms with Crippen LogP contribution >= 0.6 is 0 Å². The summed E-state index contributed by atoms with van der Waals surface area (Å²) in [6.45, 7) is 3.34. The molecule has 94 valence electrons. The lowest BCUT2D eigenvalue weighted by Crippen LogP contribution is -2.23. The quantitative estimate of drug-likeness (QED) is 0.813. The van der Waals surface area contributed by atoms with E-state index in [4.69, 9.17) is 9.84 Å². The van der Waals surface area contributed by atoms with Crippen LogP contribution in [0.2, 0.25) is 0 Å². The second kappa shape index (κ2) is 5.22. The van der Waals surface area contributed by atoms with E-state index in [1.165, 1.54) is 0 Å². The van der Waals surface area contributed by atoms with Gasteiger partial charge in [-0.1, -0.05) is 6.92 Å². The Kier molecular flexibility index (Phi) is 3.68. The van der Waals surface area contributed by atoms with Crippen molar-refractivity contribution in [3.05, 3.63) is 5.82 Å². The Hall–Kier alpha value is -1.50. The molecule has 1 aromatic rings. The van der Waals surface area contributed by atoms with Crippen molar-refractivity contribution in [1.29, 1.82) is 0 Å². The maximum absolute atomic E-state index is 10.8. The molecule has 2 heterocycles. The van der Waals surface area contributed by atoms with Gasteiger partial charge in [-0.15, -0.1) is 5.10 Å². The fraction of sp³-hybridized carbons (Fsp3) is 0.800. The number of nitrogens with zero attached hydrogens (tertiary/aromatic N) is 4. The van der Waals surface area contributed by atoms with Gasteiger partial charge in [-0.05, 0) is 23.3 Å². The van der Waals surface area contributed by atoms with E-state index in [0.29, 0.717) is 13.2 Å². The molecular formula is C10H16N4O3. The number of hydrogen-bond donors (Lipinski definition) is 1. The van der Waals surface area contributed by atoms with Gasteiger partial charge < -0.3 is 9.84 Å². The van der Waals surface area contributed by atoms with Gasteiger partial charge in [0.05, 0.1) is 19.1 Å². The van der Waals surface area contributed by atoms with Gasteiger partial charge in [0.15, 0.2) is 5.82 Å². The largest absolute Gasteiger partial charge is 0.481 e. The zero-order valence-electron chi connectivity index (χ0n) is 9.74. The van der Waals surface area contributed by atoms with Crippen molar-refractivity contribution in [3.8, 4) is 0 Å². The van der Waals surface area contributed by atoms with Crippen molar-refractivity contribution in [2.45, 2.75) is 32.2 Å². The molecule has 1 aliphatic rings. The molecule has 7 heteroatoms. The number of carboxylic acid groups (broad SMARTS) is 1. The Labute approximate surface area is 98.8 Å². The Morgan fingerprint density at radius 1 is 1.71 bits per heavy atom. The number of hydrogen-bond acceptors (Lipinski definition) is 5. The number of ether oxygens (including phenoxy) is 1. The molecule has 2 atom stereocenters. The minimum absolute atomic E-state index is 0.180. The van der Waals surface area contributed by atoms with Gasteiger partial charge in [0, 0.05) is 12.5 Å². The van der Waals surface area contributed by atoms with Gasteiger partial charge >= 0.3 is 5.97 Å². The van der Waals surface area contributed by atoms with Crippen LogP contribution in [0.3, 0.4) is 0 Å². The molecule has 0 bridgehead atoms. The van der Waals surface area contributed by atoms with Crippen LogP contribution in [0.15, 0.2) is 0 Å². The first kappa shape index (κ1) is 12.0. The lowest BCUT2D eigenvalue weighted by Gasteiger charge is -2.21. The molecule has 0 saturated carbocycles. The number of carboxylic acids is 1. The van der Waals surface area contributed by atoms with Crippen LogP contribution in [-0.4, -0.2) is 44.5 Å². The van der Waals surface area contributed by atoms with Crippen LogP contribution in [-0.2, 0) is 16.1 Å². The third-order valence-electron chi connectivity index (χ3n) is 2.95. The SMILES string of the molecule is CC(Cn1nnnc1C1CCCOC1)C(=O)O.